The molecule has 3 fully saturated rings. The third kappa shape index (κ3) is 9.09. The number of ether oxygens (including phenoxy) is 1. The van der Waals surface area contributed by atoms with Crippen LogP contribution in [0.25, 0.3) is 0 Å². The molecule has 13 nitrogen and oxygen atoms in total. The number of anilines is 4. The van der Waals surface area contributed by atoms with Gasteiger partial charge in [0.25, 0.3) is 5.91 Å². The van der Waals surface area contributed by atoms with E-state index in [1.807, 2.05) is 6.92 Å². The molecule has 3 heterocycles. The van der Waals surface area contributed by atoms with Crippen molar-refractivity contribution >= 4 is 70.6 Å². The van der Waals surface area contributed by atoms with Crippen molar-refractivity contribution in [3.8, 4) is 11.8 Å². The molecule has 0 aliphatic carbocycles. The molecule has 4 amide bonds. The molecule has 6 rings (SSSR count). The molecular formula is C39H42ClF3N8O5S. The van der Waals surface area contributed by atoms with Crippen molar-refractivity contribution < 1.29 is 37.1 Å². The van der Waals surface area contributed by atoms with Crippen LogP contribution in [0.1, 0.15) is 44.7 Å². The molecule has 0 unspecified atom stereocenters. The van der Waals surface area contributed by atoms with Gasteiger partial charge in [-0.05, 0) is 81.8 Å². The highest BCUT2D eigenvalue weighted by Gasteiger charge is 2.52. The molecule has 0 saturated carbocycles. The summed E-state index contributed by atoms with van der Waals surface area (Å²) in [5.41, 5.74) is -2.19. The number of nitrogens with zero attached hydrogens (tertiary/aromatic N) is 5. The minimum absolute atomic E-state index is 0.0460. The number of thiol groups is 1. The van der Waals surface area contributed by atoms with Crippen LogP contribution in [0.3, 0.4) is 0 Å². The lowest BCUT2D eigenvalue weighted by molar-refractivity contribution is -0.138. The molecule has 3 aromatic rings. The Kier molecular flexibility index (Phi) is 12.3. The van der Waals surface area contributed by atoms with Gasteiger partial charge in [-0.25, -0.2) is 0 Å². The lowest BCUT2D eigenvalue weighted by atomic mass is 10.0. The van der Waals surface area contributed by atoms with Crippen LogP contribution in [0.2, 0.25) is 5.02 Å². The maximum atomic E-state index is 13.7. The zero-order valence-electron chi connectivity index (χ0n) is 31.4. The van der Waals surface area contributed by atoms with Crippen LogP contribution in [0.5, 0.6) is 5.75 Å². The van der Waals surface area contributed by atoms with E-state index in [1.54, 1.807) is 67.3 Å². The van der Waals surface area contributed by atoms with Gasteiger partial charge in [0.15, 0.2) is 5.50 Å². The second-order valence-corrected chi connectivity index (χ2v) is 15.4. The number of hydrogen-bond donors (Lipinski definition) is 4. The molecular weight excluding hydrogens is 785 g/mol. The number of hydrogen-bond acceptors (Lipinski definition) is 11. The normalized spacial score (nSPS) is 20.9. The van der Waals surface area contributed by atoms with Crippen LogP contribution in [0.4, 0.5) is 35.9 Å². The summed E-state index contributed by atoms with van der Waals surface area (Å²) in [6.45, 7) is 8.81. The molecule has 3 atom stereocenters. The fourth-order valence-electron chi connectivity index (χ4n) is 7.17. The van der Waals surface area contributed by atoms with Crippen LogP contribution in [-0.2, 0) is 25.4 Å². The number of carbonyl (C=O) groups is 4. The van der Waals surface area contributed by atoms with Gasteiger partial charge in [0.05, 0.1) is 28.3 Å². The van der Waals surface area contributed by atoms with E-state index in [0.29, 0.717) is 68.6 Å². The molecule has 0 radical (unpaired) electrons. The number of imide groups is 1. The van der Waals surface area contributed by atoms with Crippen LogP contribution in [0.15, 0.2) is 60.7 Å². The number of piperidine rings is 1. The Morgan fingerprint density at radius 1 is 1.05 bits per heavy atom. The zero-order chi connectivity index (χ0) is 41.2. The van der Waals surface area contributed by atoms with E-state index < -0.39 is 46.3 Å². The van der Waals surface area contributed by atoms with Crippen LogP contribution in [-0.4, -0.2) is 95.9 Å². The van der Waals surface area contributed by atoms with Crippen molar-refractivity contribution in [1.82, 2.24) is 15.1 Å². The van der Waals surface area contributed by atoms with E-state index in [9.17, 15) is 37.6 Å². The number of halogens is 4. The SMILES string of the molecule is C[C@H](C(=O)Nc1cccc(N[C@@H]2CCC(=O)NC2=O)c1)N1CCN(CCOc2ccc(N3[C@@H](S)N(c4ccc(C#N)c(C(F)(F)F)c4)C(=O)C3(C)C)cc2Cl)CC1. The molecule has 3 saturated heterocycles. The van der Waals surface area contributed by atoms with Crippen molar-refractivity contribution in [2.75, 3.05) is 59.8 Å². The molecule has 0 aromatic heterocycles. The van der Waals surface area contributed by atoms with Gasteiger partial charge in [0.2, 0.25) is 17.7 Å². The average molecular weight is 827 g/mol. The van der Waals surface area contributed by atoms with Gasteiger partial charge in [0.1, 0.15) is 23.9 Å². The molecule has 0 bridgehead atoms. The first kappa shape index (κ1) is 41.6. The summed E-state index contributed by atoms with van der Waals surface area (Å²) in [5.74, 6) is -0.895. The van der Waals surface area contributed by atoms with Crippen LogP contribution < -0.4 is 30.5 Å². The minimum atomic E-state index is -4.79. The summed E-state index contributed by atoms with van der Waals surface area (Å²) in [6, 6.07) is 15.8. The highest BCUT2D eigenvalue weighted by Crippen LogP contribution is 2.43. The lowest BCUT2D eigenvalue weighted by Crippen LogP contribution is -2.53. The van der Waals surface area contributed by atoms with E-state index in [-0.39, 0.29) is 34.9 Å². The highest BCUT2D eigenvalue weighted by molar-refractivity contribution is 7.81. The summed E-state index contributed by atoms with van der Waals surface area (Å²) in [7, 11) is 0. The summed E-state index contributed by atoms with van der Waals surface area (Å²) in [5, 5.41) is 17.9. The topological polar surface area (TPSA) is 150 Å². The predicted octanol–water partition coefficient (Wildman–Crippen LogP) is 5.32. The first-order valence-electron chi connectivity index (χ1n) is 18.3. The largest absolute Gasteiger partial charge is 0.491 e. The van der Waals surface area contributed by atoms with Gasteiger partial charge < -0.3 is 20.3 Å². The second kappa shape index (κ2) is 16.8. The molecule has 0 spiro atoms. The van der Waals surface area contributed by atoms with Gasteiger partial charge in [-0.1, -0.05) is 17.7 Å². The van der Waals surface area contributed by atoms with E-state index in [1.165, 1.54) is 6.07 Å². The summed E-state index contributed by atoms with van der Waals surface area (Å²) in [4.78, 5) is 57.5. The lowest BCUT2D eigenvalue weighted by Gasteiger charge is -2.37. The van der Waals surface area contributed by atoms with Crippen LogP contribution in [0, 0.1) is 11.3 Å². The Morgan fingerprint density at radius 3 is 2.42 bits per heavy atom. The van der Waals surface area contributed by atoms with Crippen molar-refractivity contribution in [2.24, 2.45) is 0 Å². The Morgan fingerprint density at radius 2 is 1.75 bits per heavy atom. The maximum Gasteiger partial charge on any atom is 0.417 e. The Bertz CT molecular complexity index is 2090. The van der Waals surface area contributed by atoms with Crippen molar-refractivity contribution in [3.63, 3.8) is 0 Å². The van der Waals surface area contributed by atoms with E-state index in [2.05, 4.69) is 38.4 Å². The van der Waals surface area contributed by atoms with Crippen molar-refractivity contribution in [2.45, 2.75) is 62.9 Å². The van der Waals surface area contributed by atoms with E-state index in [0.717, 1.165) is 17.0 Å². The number of alkyl halides is 3. The van der Waals surface area contributed by atoms with Crippen molar-refractivity contribution in [3.05, 3.63) is 76.8 Å². The smallest absolute Gasteiger partial charge is 0.417 e. The van der Waals surface area contributed by atoms with E-state index >= 15 is 0 Å². The summed E-state index contributed by atoms with van der Waals surface area (Å²) >= 11 is 11.3. The quantitative estimate of drug-likeness (QED) is 0.148. The number of benzene rings is 3. The molecule has 18 heteroatoms. The minimum Gasteiger partial charge on any atom is -0.491 e. The number of nitriles is 1. The maximum absolute atomic E-state index is 13.7. The number of amides is 4. The molecule has 3 aliphatic rings. The average Bonchev–Trinajstić information content (AvgIpc) is 3.34. The molecule has 302 valence electrons. The number of piperazine rings is 1. The first-order chi connectivity index (χ1) is 27.0. The standard InChI is InChI=1S/C39H42ClF3N8O5S/c1-23(34(53)46-26-6-4-5-25(19-26)45-31-10-12-33(52)47-35(31)54)49-15-13-48(14-16-49)17-18-56-32-11-9-28(21-30(32)40)51-37(57)50(36(55)38(51,2)3)27-8-7-24(22-44)29(20-27)39(41,42)43/h4-9,11,19-21,23,31,37,45,57H,10,12-18H2,1-3H3,(H,46,53)(H,47,52,54)/t23-,31-,37+/m1/s1. The predicted molar refractivity (Wildman–Crippen MR) is 212 cm³/mol. The fraction of sp³-hybridized carbons (Fsp3) is 0.410. The molecule has 57 heavy (non-hydrogen) atoms. The fourth-order valence-corrected chi connectivity index (χ4v) is 8.06. The van der Waals surface area contributed by atoms with Crippen LogP contribution >= 0.6 is 24.2 Å². The zero-order valence-corrected chi connectivity index (χ0v) is 33.0. The van der Waals surface area contributed by atoms with Gasteiger partial charge in [-0.15, -0.1) is 12.6 Å². The van der Waals surface area contributed by atoms with Gasteiger partial charge in [-0.2, -0.15) is 18.4 Å². The number of rotatable bonds is 11. The highest BCUT2D eigenvalue weighted by atomic mass is 35.5. The number of carbonyl (C=O) groups excluding carboxylic acids is 4. The molecule has 3 aliphatic heterocycles. The molecule has 3 aromatic carbocycles. The molecule has 3 N–H and O–H groups in total. The third-order valence-corrected chi connectivity index (χ3v) is 11.2. The summed E-state index contributed by atoms with van der Waals surface area (Å²) < 4.78 is 47.2. The van der Waals surface area contributed by atoms with Gasteiger partial charge >= 0.3 is 6.18 Å². The third-order valence-electron chi connectivity index (χ3n) is 10.4. The monoisotopic (exact) mass is 826 g/mol. The van der Waals surface area contributed by atoms with Gasteiger partial charge in [0, 0.05) is 61.9 Å². The Labute approximate surface area is 338 Å². The van der Waals surface area contributed by atoms with E-state index in [4.69, 9.17) is 16.3 Å². The first-order valence-corrected chi connectivity index (χ1v) is 19.2. The van der Waals surface area contributed by atoms with Crippen molar-refractivity contribution in [1.29, 1.82) is 5.26 Å². The van der Waals surface area contributed by atoms with Gasteiger partial charge in [-0.3, -0.25) is 39.2 Å². The summed E-state index contributed by atoms with van der Waals surface area (Å²) in [6.07, 6.45) is -4.14. The Balaban J connectivity index is 0.990. The second-order valence-electron chi connectivity index (χ2n) is 14.5. The number of nitrogens with one attached hydrogen (secondary N) is 3. The Hall–Kier alpha value is -5.02.